The molecule has 0 bridgehead atoms. The molecular formula is C14H15N3O6. The normalized spacial score (nSPS) is 13.5. The van der Waals surface area contributed by atoms with E-state index in [1.807, 2.05) is 0 Å². The first-order valence-corrected chi connectivity index (χ1v) is 6.91. The topological polar surface area (TPSA) is 123 Å². The number of para-hydroxylation sites is 2. The number of benzene rings is 1. The van der Waals surface area contributed by atoms with Gasteiger partial charge in [0.25, 0.3) is 29.4 Å². The molecule has 0 amide bonds. The SMILES string of the molecule is CCC(C(OC(C)=O)c1c[n+]([O-])c2ccccc2[n+]1[O-])[N+](=O)[O-]. The van der Waals surface area contributed by atoms with Crippen LogP contribution in [0.3, 0.4) is 0 Å². The van der Waals surface area contributed by atoms with E-state index in [9.17, 15) is 25.3 Å². The molecule has 2 atom stereocenters. The van der Waals surface area contributed by atoms with Gasteiger partial charge in [-0.25, -0.2) is 0 Å². The Balaban J connectivity index is 2.67. The van der Waals surface area contributed by atoms with E-state index in [0.29, 0.717) is 9.46 Å². The van der Waals surface area contributed by atoms with Crippen molar-refractivity contribution >= 4 is 17.0 Å². The van der Waals surface area contributed by atoms with Crippen LogP contribution in [0.25, 0.3) is 11.0 Å². The third kappa shape index (κ3) is 3.12. The molecule has 2 unspecified atom stereocenters. The number of fused-ring (bicyclic) bond motifs is 1. The molecule has 0 radical (unpaired) electrons. The Kier molecular flexibility index (Phi) is 4.58. The summed E-state index contributed by atoms with van der Waals surface area (Å²) >= 11 is 0. The fourth-order valence-corrected chi connectivity index (χ4v) is 2.38. The van der Waals surface area contributed by atoms with Gasteiger partial charge in [-0.2, -0.15) is 9.46 Å². The van der Waals surface area contributed by atoms with Gasteiger partial charge in [0.2, 0.25) is 0 Å². The fraction of sp³-hybridized carbons (Fsp3) is 0.357. The van der Waals surface area contributed by atoms with E-state index in [1.54, 1.807) is 12.1 Å². The Labute approximate surface area is 131 Å². The van der Waals surface area contributed by atoms with E-state index in [0.717, 1.165) is 13.1 Å². The van der Waals surface area contributed by atoms with Gasteiger partial charge in [-0.15, -0.1) is 0 Å². The minimum absolute atomic E-state index is 0.0244. The van der Waals surface area contributed by atoms with Gasteiger partial charge in [0.1, 0.15) is 0 Å². The van der Waals surface area contributed by atoms with Gasteiger partial charge < -0.3 is 15.2 Å². The molecule has 1 heterocycles. The number of aromatic nitrogens is 2. The maximum absolute atomic E-state index is 12.5. The van der Waals surface area contributed by atoms with Crippen molar-refractivity contribution in [3.05, 3.63) is 56.7 Å². The summed E-state index contributed by atoms with van der Waals surface area (Å²) in [6.07, 6.45) is -0.513. The summed E-state index contributed by atoms with van der Waals surface area (Å²) in [5.41, 5.74) is -0.130. The maximum atomic E-state index is 12.5. The highest BCUT2D eigenvalue weighted by molar-refractivity contribution is 5.67. The summed E-state index contributed by atoms with van der Waals surface area (Å²) < 4.78 is 5.81. The predicted molar refractivity (Wildman–Crippen MR) is 77.4 cm³/mol. The molecule has 0 fully saturated rings. The molecule has 1 aromatic carbocycles. The standard InChI is InChI=1S/C14H15N3O6/c1-3-10(17(21)22)14(23-9(2)18)13-8-15(19)11-6-4-5-7-12(11)16(13)20/h4-8,10,14H,3H2,1-2H3. The van der Waals surface area contributed by atoms with Gasteiger partial charge in [-0.05, 0) is 0 Å². The quantitative estimate of drug-likeness (QED) is 0.263. The third-order valence-corrected chi connectivity index (χ3v) is 3.44. The van der Waals surface area contributed by atoms with Gasteiger partial charge in [0.05, 0.1) is 0 Å². The molecular weight excluding hydrogens is 306 g/mol. The predicted octanol–water partition coefficient (Wildman–Crippen LogP) is 0.766. The maximum Gasteiger partial charge on any atom is 0.307 e. The molecule has 0 spiro atoms. The molecule has 122 valence electrons. The van der Waals surface area contributed by atoms with E-state index in [1.165, 1.54) is 19.1 Å². The van der Waals surface area contributed by atoms with Crippen molar-refractivity contribution in [3.8, 4) is 0 Å². The average Bonchev–Trinajstić information content (AvgIpc) is 2.50. The Hall–Kier alpha value is -2.97. The highest BCUT2D eigenvalue weighted by Crippen LogP contribution is 2.23. The van der Waals surface area contributed by atoms with Crippen molar-refractivity contribution in [2.24, 2.45) is 0 Å². The Morgan fingerprint density at radius 1 is 1.30 bits per heavy atom. The Morgan fingerprint density at radius 3 is 2.43 bits per heavy atom. The number of ether oxygens (including phenoxy) is 1. The first kappa shape index (κ1) is 16.4. The average molecular weight is 321 g/mol. The molecule has 9 nitrogen and oxygen atoms in total. The lowest BCUT2D eigenvalue weighted by Gasteiger charge is -2.18. The number of nitro groups is 1. The van der Waals surface area contributed by atoms with Crippen LogP contribution < -0.4 is 9.46 Å². The van der Waals surface area contributed by atoms with Crippen molar-refractivity contribution in [2.75, 3.05) is 0 Å². The van der Waals surface area contributed by atoms with Gasteiger partial charge in [-0.1, -0.05) is 19.1 Å². The molecule has 1 aromatic heterocycles. The fourth-order valence-electron chi connectivity index (χ4n) is 2.38. The summed E-state index contributed by atoms with van der Waals surface area (Å²) in [4.78, 5) is 21.9. The van der Waals surface area contributed by atoms with Crippen molar-refractivity contribution in [2.45, 2.75) is 32.4 Å². The molecule has 0 saturated heterocycles. The van der Waals surface area contributed by atoms with E-state index in [4.69, 9.17) is 4.74 Å². The summed E-state index contributed by atoms with van der Waals surface area (Å²) in [6, 6.07) is 4.68. The van der Waals surface area contributed by atoms with Gasteiger partial charge in [-0.3, -0.25) is 14.9 Å². The second kappa shape index (κ2) is 6.42. The van der Waals surface area contributed by atoms with Gasteiger partial charge in [0.15, 0.2) is 0 Å². The molecule has 0 aliphatic rings. The number of hydrogen-bond donors (Lipinski definition) is 0. The summed E-state index contributed by atoms with van der Waals surface area (Å²) in [5, 5.41) is 35.8. The van der Waals surface area contributed by atoms with Crippen molar-refractivity contribution in [1.82, 2.24) is 0 Å². The first-order valence-electron chi connectivity index (χ1n) is 6.91. The highest BCUT2D eigenvalue weighted by atomic mass is 16.6. The molecule has 0 aliphatic heterocycles. The van der Waals surface area contributed by atoms with E-state index in [-0.39, 0.29) is 23.1 Å². The number of rotatable bonds is 5. The third-order valence-electron chi connectivity index (χ3n) is 3.44. The monoisotopic (exact) mass is 321 g/mol. The van der Waals surface area contributed by atoms with Crippen molar-refractivity contribution < 1.29 is 23.9 Å². The van der Waals surface area contributed by atoms with Crippen LogP contribution in [0, 0.1) is 20.5 Å². The number of esters is 1. The number of hydrogen-bond acceptors (Lipinski definition) is 6. The lowest BCUT2D eigenvalue weighted by molar-refractivity contribution is -0.643. The molecule has 2 rings (SSSR count). The molecule has 0 aliphatic carbocycles. The van der Waals surface area contributed by atoms with E-state index < -0.39 is 23.0 Å². The van der Waals surface area contributed by atoms with Crippen molar-refractivity contribution in [3.63, 3.8) is 0 Å². The van der Waals surface area contributed by atoms with E-state index in [2.05, 4.69) is 0 Å². The van der Waals surface area contributed by atoms with Crippen LogP contribution in [-0.2, 0) is 9.53 Å². The van der Waals surface area contributed by atoms with Crippen LogP contribution in [0.1, 0.15) is 32.1 Å². The smallest absolute Gasteiger partial charge is 0.307 e. The summed E-state index contributed by atoms with van der Waals surface area (Å²) in [6.45, 7) is 2.62. The Bertz CT molecular complexity index is 764. The second-order valence-electron chi connectivity index (χ2n) is 4.95. The minimum Gasteiger partial charge on any atom is -0.618 e. The van der Waals surface area contributed by atoms with Crippen LogP contribution in [0.2, 0.25) is 0 Å². The summed E-state index contributed by atoms with van der Waals surface area (Å²) in [7, 11) is 0. The van der Waals surface area contributed by atoms with E-state index >= 15 is 0 Å². The molecule has 23 heavy (non-hydrogen) atoms. The van der Waals surface area contributed by atoms with Gasteiger partial charge >= 0.3 is 11.7 Å². The van der Waals surface area contributed by atoms with Crippen LogP contribution >= 0.6 is 0 Å². The molecule has 0 N–H and O–H groups in total. The van der Waals surface area contributed by atoms with Crippen LogP contribution in [0.4, 0.5) is 0 Å². The second-order valence-corrected chi connectivity index (χ2v) is 4.95. The number of carbonyl (C=O) groups is 1. The lowest BCUT2D eigenvalue weighted by Crippen LogP contribution is -2.46. The number of nitrogens with zero attached hydrogens (tertiary/aromatic N) is 3. The van der Waals surface area contributed by atoms with Gasteiger partial charge in [0, 0.05) is 30.4 Å². The zero-order valence-corrected chi connectivity index (χ0v) is 12.5. The summed E-state index contributed by atoms with van der Waals surface area (Å²) in [5.74, 6) is -0.777. The minimum atomic E-state index is -1.45. The van der Waals surface area contributed by atoms with Crippen molar-refractivity contribution in [1.29, 1.82) is 0 Å². The largest absolute Gasteiger partial charge is 0.618 e. The lowest BCUT2D eigenvalue weighted by atomic mass is 10.1. The zero-order valence-electron chi connectivity index (χ0n) is 12.5. The van der Waals surface area contributed by atoms with Crippen LogP contribution in [0.15, 0.2) is 30.5 Å². The molecule has 2 aromatic rings. The van der Waals surface area contributed by atoms with Crippen LogP contribution in [0.5, 0.6) is 0 Å². The first-order chi connectivity index (χ1) is 10.9. The molecule has 9 heteroatoms. The zero-order chi connectivity index (χ0) is 17.1. The molecule has 0 saturated carbocycles. The van der Waals surface area contributed by atoms with Crippen LogP contribution in [-0.4, -0.2) is 16.9 Å². The Morgan fingerprint density at radius 2 is 1.91 bits per heavy atom. The highest BCUT2D eigenvalue weighted by Gasteiger charge is 2.42. The number of carbonyl (C=O) groups excluding carboxylic acids is 1.